The van der Waals surface area contributed by atoms with Crippen LogP contribution in [-0.4, -0.2) is 24.3 Å². The molecule has 1 aliphatic rings. The zero-order chi connectivity index (χ0) is 11.9. The summed E-state index contributed by atoms with van der Waals surface area (Å²) in [6.07, 6.45) is 5.03. The first-order valence-corrected chi connectivity index (χ1v) is 6.43. The van der Waals surface area contributed by atoms with Crippen LogP contribution in [0.1, 0.15) is 31.2 Å². The van der Waals surface area contributed by atoms with Gasteiger partial charge in [0.2, 0.25) is 0 Å². The second-order valence-electron chi connectivity index (χ2n) is 4.65. The first-order chi connectivity index (χ1) is 8.34. The predicted octanol–water partition coefficient (Wildman–Crippen LogP) is 2.44. The normalized spacial score (nSPS) is 20.4. The average Bonchev–Trinajstić information content (AvgIpc) is 2.38. The number of nitrogens with one attached hydrogen (secondary N) is 1. The summed E-state index contributed by atoms with van der Waals surface area (Å²) in [5.41, 5.74) is 1.11. The third-order valence-electron chi connectivity index (χ3n) is 3.23. The van der Waals surface area contributed by atoms with Crippen LogP contribution in [0.4, 0.5) is 0 Å². The highest BCUT2D eigenvalue weighted by molar-refractivity contribution is 5.25. The fraction of sp³-hybridized carbons (Fsp3) is 0.571. The molecule has 2 rings (SSSR count). The molecule has 94 valence electrons. The molecule has 1 aromatic rings. The summed E-state index contributed by atoms with van der Waals surface area (Å²) in [5, 5.41) is 12.7. The van der Waals surface area contributed by atoms with Gasteiger partial charge in [-0.15, -0.1) is 0 Å². The smallest absolute Gasteiger partial charge is 0.115 e. The molecule has 0 aromatic heterocycles. The van der Waals surface area contributed by atoms with Crippen molar-refractivity contribution in [3.05, 3.63) is 29.8 Å². The maximum absolute atomic E-state index is 9.15. The number of benzene rings is 1. The number of piperidine rings is 1. The summed E-state index contributed by atoms with van der Waals surface area (Å²) in [5.74, 6) is 0.306. The number of hydrogen-bond acceptors (Lipinski definition) is 3. The van der Waals surface area contributed by atoms with E-state index in [0.717, 1.165) is 25.1 Å². The number of phenols is 1. The average molecular weight is 235 g/mol. The van der Waals surface area contributed by atoms with Gasteiger partial charge in [-0.25, -0.2) is 0 Å². The highest BCUT2D eigenvalue weighted by Crippen LogP contribution is 2.12. The van der Waals surface area contributed by atoms with Crippen LogP contribution >= 0.6 is 0 Å². The minimum atomic E-state index is 0.306. The molecule has 1 saturated heterocycles. The third-order valence-corrected chi connectivity index (χ3v) is 3.23. The Morgan fingerprint density at radius 2 is 2.06 bits per heavy atom. The van der Waals surface area contributed by atoms with Crippen molar-refractivity contribution < 1.29 is 9.84 Å². The van der Waals surface area contributed by atoms with Gasteiger partial charge >= 0.3 is 0 Å². The first kappa shape index (κ1) is 12.4. The fourth-order valence-corrected chi connectivity index (χ4v) is 2.18. The van der Waals surface area contributed by atoms with E-state index in [1.54, 1.807) is 12.1 Å². The lowest BCUT2D eigenvalue weighted by Gasteiger charge is -2.23. The van der Waals surface area contributed by atoms with Crippen molar-refractivity contribution in [3.63, 3.8) is 0 Å². The second kappa shape index (κ2) is 6.62. The molecule has 0 radical (unpaired) electrons. The van der Waals surface area contributed by atoms with Crippen molar-refractivity contribution in [2.24, 2.45) is 0 Å². The van der Waals surface area contributed by atoms with Gasteiger partial charge < -0.3 is 15.2 Å². The Morgan fingerprint density at radius 1 is 1.24 bits per heavy atom. The zero-order valence-corrected chi connectivity index (χ0v) is 10.2. The Hall–Kier alpha value is -1.06. The molecule has 3 heteroatoms. The Kier molecular flexibility index (Phi) is 4.83. The van der Waals surface area contributed by atoms with E-state index < -0.39 is 0 Å². The summed E-state index contributed by atoms with van der Waals surface area (Å²) in [4.78, 5) is 0. The SMILES string of the molecule is Oc1ccc(COCCC2CCCCN2)cc1. The van der Waals surface area contributed by atoms with Crippen molar-refractivity contribution in [2.45, 2.75) is 38.3 Å². The Labute approximate surface area is 103 Å². The number of rotatable bonds is 5. The maximum Gasteiger partial charge on any atom is 0.115 e. The minimum Gasteiger partial charge on any atom is -0.508 e. The molecule has 1 atom stereocenters. The highest BCUT2D eigenvalue weighted by atomic mass is 16.5. The van der Waals surface area contributed by atoms with E-state index in [-0.39, 0.29) is 0 Å². The minimum absolute atomic E-state index is 0.306. The standard InChI is InChI=1S/C14H21NO2/c16-14-6-4-12(5-7-14)11-17-10-8-13-3-1-2-9-15-13/h4-7,13,15-16H,1-3,8-11H2. The molecule has 3 nitrogen and oxygen atoms in total. The largest absolute Gasteiger partial charge is 0.508 e. The second-order valence-corrected chi connectivity index (χ2v) is 4.65. The van der Waals surface area contributed by atoms with Crippen LogP contribution in [0.5, 0.6) is 5.75 Å². The van der Waals surface area contributed by atoms with Crippen LogP contribution in [0.3, 0.4) is 0 Å². The van der Waals surface area contributed by atoms with Gasteiger partial charge in [0.15, 0.2) is 0 Å². The molecule has 0 saturated carbocycles. The van der Waals surface area contributed by atoms with E-state index in [4.69, 9.17) is 9.84 Å². The molecule has 1 heterocycles. The zero-order valence-electron chi connectivity index (χ0n) is 10.2. The summed E-state index contributed by atoms with van der Waals surface area (Å²) in [7, 11) is 0. The molecular weight excluding hydrogens is 214 g/mol. The number of ether oxygens (including phenoxy) is 1. The fourth-order valence-electron chi connectivity index (χ4n) is 2.18. The lowest BCUT2D eigenvalue weighted by molar-refractivity contribution is 0.108. The lowest BCUT2D eigenvalue weighted by atomic mass is 10.0. The number of aromatic hydroxyl groups is 1. The summed E-state index contributed by atoms with van der Waals surface area (Å²) < 4.78 is 5.64. The quantitative estimate of drug-likeness (QED) is 0.770. The van der Waals surface area contributed by atoms with E-state index in [1.807, 2.05) is 12.1 Å². The number of phenolic OH excluding ortho intramolecular Hbond substituents is 1. The Bertz CT molecular complexity index is 317. The van der Waals surface area contributed by atoms with Crippen LogP contribution in [0.2, 0.25) is 0 Å². The van der Waals surface area contributed by atoms with E-state index in [0.29, 0.717) is 18.4 Å². The molecule has 1 fully saturated rings. The Morgan fingerprint density at radius 3 is 2.76 bits per heavy atom. The molecular formula is C14H21NO2. The van der Waals surface area contributed by atoms with Crippen LogP contribution in [0.15, 0.2) is 24.3 Å². The van der Waals surface area contributed by atoms with Crippen molar-refractivity contribution in [2.75, 3.05) is 13.2 Å². The van der Waals surface area contributed by atoms with E-state index in [2.05, 4.69) is 5.32 Å². The van der Waals surface area contributed by atoms with Gasteiger partial charge in [0.25, 0.3) is 0 Å². The van der Waals surface area contributed by atoms with Crippen LogP contribution in [0, 0.1) is 0 Å². The molecule has 0 aliphatic carbocycles. The van der Waals surface area contributed by atoms with Gasteiger partial charge in [-0.05, 0) is 43.5 Å². The Balaban J connectivity index is 1.60. The molecule has 1 aromatic carbocycles. The molecule has 0 amide bonds. The van der Waals surface area contributed by atoms with Gasteiger partial charge in [-0.1, -0.05) is 18.6 Å². The van der Waals surface area contributed by atoms with E-state index >= 15 is 0 Å². The predicted molar refractivity (Wildman–Crippen MR) is 68.0 cm³/mol. The summed E-state index contributed by atoms with van der Waals surface area (Å²) >= 11 is 0. The molecule has 2 N–H and O–H groups in total. The van der Waals surface area contributed by atoms with Crippen molar-refractivity contribution in [3.8, 4) is 5.75 Å². The van der Waals surface area contributed by atoms with Gasteiger partial charge in [0.1, 0.15) is 5.75 Å². The molecule has 0 bridgehead atoms. The topological polar surface area (TPSA) is 41.5 Å². The number of hydrogen-bond donors (Lipinski definition) is 2. The summed E-state index contributed by atoms with van der Waals surface area (Å²) in [6, 6.07) is 7.83. The van der Waals surface area contributed by atoms with Gasteiger partial charge in [0, 0.05) is 12.6 Å². The monoisotopic (exact) mass is 235 g/mol. The van der Waals surface area contributed by atoms with Crippen molar-refractivity contribution in [1.29, 1.82) is 0 Å². The molecule has 1 aliphatic heterocycles. The molecule has 1 unspecified atom stereocenters. The third kappa shape index (κ3) is 4.36. The lowest BCUT2D eigenvalue weighted by Crippen LogP contribution is -2.34. The molecule has 0 spiro atoms. The van der Waals surface area contributed by atoms with Gasteiger partial charge in [-0.3, -0.25) is 0 Å². The first-order valence-electron chi connectivity index (χ1n) is 6.43. The van der Waals surface area contributed by atoms with E-state index in [1.165, 1.54) is 19.3 Å². The van der Waals surface area contributed by atoms with Crippen molar-refractivity contribution >= 4 is 0 Å². The van der Waals surface area contributed by atoms with Crippen LogP contribution in [-0.2, 0) is 11.3 Å². The summed E-state index contributed by atoms with van der Waals surface area (Å²) in [6.45, 7) is 2.59. The van der Waals surface area contributed by atoms with Crippen molar-refractivity contribution in [1.82, 2.24) is 5.32 Å². The van der Waals surface area contributed by atoms with Gasteiger partial charge in [-0.2, -0.15) is 0 Å². The highest BCUT2D eigenvalue weighted by Gasteiger charge is 2.11. The van der Waals surface area contributed by atoms with Crippen LogP contribution in [0.25, 0.3) is 0 Å². The van der Waals surface area contributed by atoms with E-state index in [9.17, 15) is 0 Å². The van der Waals surface area contributed by atoms with Crippen LogP contribution < -0.4 is 5.32 Å². The molecule has 17 heavy (non-hydrogen) atoms. The van der Waals surface area contributed by atoms with Gasteiger partial charge in [0.05, 0.1) is 6.61 Å². The maximum atomic E-state index is 9.15.